The van der Waals surface area contributed by atoms with Gasteiger partial charge in [0.05, 0.1) is 6.42 Å². The number of piperidine rings is 1. The minimum atomic E-state index is -0.693. The van der Waals surface area contributed by atoms with Crippen molar-refractivity contribution in [2.24, 2.45) is 5.92 Å². The maximum Gasteiger partial charge on any atom is 0.304 e. The summed E-state index contributed by atoms with van der Waals surface area (Å²) in [7, 11) is 0. The molecule has 1 aliphatic rings. The second-order valence-electron chi connectivity index (χ2n) is 5.12. The average molecular weight is 247 g/mol. The molecule has 0 aromatic heterocycles. The lowest BCUT2D eigenvalue weighted by Crippen LogP contribution is -2.35. The van der Waals surface area contributed by atoms with Crippen LogP contribution in [0.25, 0.3) is 0 Å². The highest BCUT2D eigenvalue weighted by atomic mass is 16.4. The standard InChI is InChI=1S/C15H21NO2/c17-15(18)8-11-16-9-6-14(7-10-16)12-13-4-2-1-3-5-13/h1-5,14H,6-12H2,(H,17,18). The van der Waals surface area contributed by atoms with Gasteiger partial charge in [0, 0.05) is 6.54 Å². The third-order valence-corrected chi connectivity index (χ3v) is 3.72. The Morgan fingerprint density at radius 3 is 2.50 bits per heavy atom. The van der Waals surface area contributed by atoms with Crippen LogP contribution >= 0.6 is 0 Å². The average Bonchev–Trinajstić information content (AvgIpc) is 2.39. The van der Waals surface area contributed by atoms with Crippen molar-refractivity contribution < 1.29 is 9.90 Å². The van der Waals surface area contributed by atoms with Gasteiger partial charge in [0.1, 0.15) is 0 Å². The molecular formula is C15H21NO2. The second kappa shape index (κ2) is 6.55. The topological polar surface area (TPSA) is 40.5 Å². The van der Waals surface area contributed by atoms with Crippen LogP contribution < -0.4 is 0 Å². The first-order valence-corrected chi connectivity index (χ1v) is 6.72. The molecule has 0 saturated carbocycles. The van der Waals surface area contributed by atoms with Gasteiger partial charge in [-0.2, -0.15) is 0 Å². The maximum absolute atomic E-state index is 10.5. The van der Waals surface area contributed by atoms with Gasteiger partial charge in [-0.25, -0.2) is 0 Å². The van der Waals surface area contributed by atoms with Gasteiger partial charge in [-0.3, -0.25) is 4.79 Å². The van der Waals surface area contributed by atoms with Crippen LogP contribution in [0.4, 0.5) is 0 Å². The van der Waals surface area contributed by atoms with Gasteiger partial charge in [-0.05, 0) is 43.8 Å². The van der Waals surface area contributed by atoms with Gasteiger partial charge in [0.2, 0.25) is 0 Å². The van der Waals surface area contributed by atoms with Gasteiger partial charge in [-0.15, -0.1) is 0 Å². The van der Waals surface area contributed by atoms with E-state index in [1.54, 1.807) is 0 Å². The molecule has 1 aromatic rings. The summed E-state index contributed by atoms with van der Waals surface area (Å²) in [6, 6.07) is 10.6. The smallest absolute Gasteiger partial charge is 0.304 e. The van der Waals surface area contributed by atoms with Crippen LogP contribution in [0.1, 0.15) is 24.8 Å². The molecule has 3 nitrogen and oxygen atoms in total. The van der Waals surface area contributed by atoms with Crippen molar-refractivity contribution in [3.05, 3.63) is 35.9 Å². The molecule has 1 fully saturated rings. The Kier molecular flexibility index (Phi) is 4.76. The molecule has 1 saturated heterocycles. The van der Waals surface area contributed by atoms with E-state index in [4.69, 9.17) is 5.11 Å². The number of nitrogens with zero attached hydrogens (tertiary/aromatic N) is 1. The van der Waals surface area contributed by atoms with Crippen molar-refractivity contribution in [3.63, 3.8) is 0 Å². The first-order chi connectivity index (χ1) is 8.74. The largest absolute Gasteiger partial charge is 0.481 e. The van der Waals surface area contributed by atoms with E-state index in [0.29, 0.717) is 6.54 Å². The monoisotopic (exact) mass is 247 g/mol. The van der Waals surface area contributed by atoms with Gasteiger partial charge in [0.25, 0.3) is 0 Å². The molecule has 3 heteroatoms. The van der Waals surface area contributed by atoms with E-state index in [0.717, 1.165) is 25.4 Å². The summed E-state index contributed by atoms with van der Waals surface area (Å²) in [5.41, 5.74) is 1.42. The Morgan fingerprint density at radius 1 is 1.22 bits per heavy atom. The van der Waals surface area contributed by atoms with E-state index in [2.05, 4.69) is 35.2 Å². The summed E-state index contributed by atoms with van der Waals surface area (Å²) in [6.45, 7) is 2.79. The first-order valence-electron chi connectivity index (χ1n) is 6.72. The molecule has 0 amide bonds. The number of rotatable bonds is 5. The molecule has 0 radical (unpaired) electrons. The predicted molar refractivity (Wildman–Crippen MR) is 71.6 cm³/mol. The highest BCUT2D eigenvalue weighted by Crippen LogP contribution is 2.21. The van der Waals surface area contributed by atoms with Gasteiger partial charge in [0.15, 0.2) is 0 Å². The number of likely N-dealkylation sites (tertiary alicyclic amines) is 1. The zero-order chi connectivity index (χ0) is 12.8. The van der Waals surface area contributed by atoms with Crippen molar-refractivity contribution in [1.82, 2.24) is 4.90 Å². The van der Waals surface area contributed by atoms with Crippen LogP contribution in [0.2, 0.25) is 0 Å². The van der Waals surface area contributed by atoms with Crippen molar-refractivity contribution in [2.75, 3.05) is 19.6 Å². The lowest BCUT2D eigenvalue weighted by Gasteiger charge is -2.31. The second-order valence-corrected chi connectivity index (χ2v) is 5.12. The summed E-state index contributed by atoms with van der Waals surface area (Å²) in [6.07, 6.45) is 3.81. The van der Waals surface area contributed by atoms with Crippen molar-refractivity contribution in [2.45, 2.75) is 25.7 Å². The molecule has 0 bridgehead atoms. The number of aliphatic carboxylic acids is 1. The molecular weight excluding hydrogens is 226 g/mol. The number of hydrogen-bond acceptors (Lipinski definition) is 2. The number of carboxylic acids is 1. The molecule has 18 heavy (non-hydrogen) atoms. The van der Waals surface area contributed by atoms with Crippen molar-refractivity contribution in [1.29, 1.82) is 0 Å². The van der Waals surface area contributed by atoms with E-state index < -0.39 is 5.97 Å². The summed E-state index contributed by atoms with van der Waals surface area (Å²) in [5.74, 6) is 0.0647. The number of carbonyl (C=O) groups is 1. The first kappa shape index (κ1) is 13.1. The Morgan fingerprint density at radius 2 is 1.89 bits per heavy atom. The molecule has 1 N–H and O–H groups in total. The van der Waals surface area contributed by atoms with Crippen LogP contribution in [0.5, 0.6) is 0 Å². The third-order valence-electron chi connectivity index (χ3n) is 3.72. The fourth-order valence-corrected chi connectivity index (χ4v) is 2.62. The Bertz CT molecular complexity index is 369. The highest BCUT2D eigenvalue weighted by molar-refractivity contribution is 5.66. The minimum absolute atomic E-state index is 0.267. The molecule has 0 unspecified atom stereocenters. The molecule has 2 rings (SSSR count). The zero-order valence-electron chi connectivity index (χ0n) is 10.7. The molecule has 0 spiro atoms. The van der Waals surface area contributed by atoms with Crippen LogP contribution in [0, 0.1) is 5.92 Å². The summed E-state index contributed by atoms with van der Waals surface area (Å²) >= 11 is 0. The number of carboxylic acid groups (broad SMARTS) is 1. The van der Waals surface area contributed by atoms with Crippen LogP contribution in [0.15, 0.2) is 30.3 Å². The van der Waals surface area contributed by atoms with Crippen LogP contribution in [0.3, 0.4) is 0 Å². The highest BCUT2D eigenvalue weighted by Gasteiger charge is 2.19. The lowest BCUT2D eigenvalue weighted by molar-refractivity contribution is -0.137. The van der Waals surface area contributed by atoms with Crippen LogP contribution in [-0.4, -0.2) is 35.6 Å². The quantitative estimate of drug-likeness (QED) is 0.868. The molecule has 98 valence electrons. The lowest BCUT2D eigenvalue weighted by atomic mass is 9.90. The normalized spacial score (nSPS) is 17.8. The van der Waals surface area contributed by atoms with E-state index in [-0.39, 0.29) is 6.42 Å². The summed E-state index contributed by atoms with van der Waals surface area (Å²) < 4.78 is 0. The SMILES string of the molecule is O=C(O)CCN1CCC(Cc2ccccc2)CC1. The number of benzene rings is 1. The number of hydrogen-bond donors (Lipinski definition) is 1. The van der Waals surface area contributed by atoms with Crippen LogP contribution in [-0.2, 0) is 11.2 Å². The summed E-state index contributed by atoms with van der Waals surface area (Å²) in [4.78, 5) is 12.8. The molecule has 1 heterocycles. The van der Waals surface area contributed by atoms with Gasteiger partial charge >= 0.3 is 5.97 Å². The molecule has 0 atom stereocenters. The Balaban J connectivity index is 1.72. The Labute approximate surface area is 108 Å². The van der Waals surface area contributed by atoms with E-state index >= 15 is 0 Å². The van der Waals surface area contributed by atoms with Crippen molar-refractivity contribution in [3.8, 4) is 0 Å². The predicted octanol–water partition coefficient (Wildman–Crippen LogP) is 2.42. The van der Waals surface area contributed by atoms with E-state index in [9.17, 15) is 4.79 Å². The van der Waals surface area contributed by atoms with E-state index in [1.165, 1.54) is 18.4 Å². The molecule has 0 aliphatic carbocycles. The Hall–Kier alpha value is -1.35. The minimum Gasteiger partial charge on any atom is -0.481 e. The van der Waals surface area contributed by atoms with Gasteiger partial charge < -0.3 is 10.0 Å². The van der Waals surface area contributed by atoms with E-state index in [1.807, 2.05) is 0 Å². The fourth-order valence-electron chi connectivity index (χ4n) is 2.62. The van der Waals surface area contributed by atoms with Crippen molar-refractivity contribution >= 4 is 5.97 Å². The third kappa shape index (κ3) is 4.15. The zero-order valence-corrected chi connectivity index (χ0v) is 10.7. The fraction of sp³-hybridized carbons (Fsp3) is 0.533. The molecule has 1 aromatic carbocycles. The maximum atomic E-state index is 10.5. The molecule has 1 aliphatic heterocycles. The summed E-state index contributed by atoms with van der Waals surface area (Å²) in [5, 5.41) is 8.66. The van der Waals surface area contributed by atoms with Gasteiger partial charge in [-0.1, -0.05) is 30.3 Å².